The number of nitrogens with zero attached hydrogens (tertiary/aromatic N) is 4. The third-order valence-corrected chi connectivity index (χ3v) is 6.95. The lowest BCUT2D eigenvalue weighted by atomic mass is 9.97. The standard InChI is InChI=1S/C28H22N6OS/c1-17(33-26-25-27(31-15-30-26)36-16-32-25)23-14-19-8-6-12-22(18-7-5-9-20(29)13-18)24(19)28(35)34(23)21-10-3-2-4-11-21/h2-17H,29H2,1H3,(H,30,31,33)/t17-/m0/s1. The van der Waals surface area contributed by atoms with Gasteiger partial charge in [-0.25, -0.2) is 15.0 Å². The highest BCUT2D eigenvalue weighted by Crippen LogP contribution is 2.31. The van der Waals surface area contributed by atoms with Crippen LogP contribution in [0.4, 0.5) is 11.5 Å². The molecule has 8 heteroatoms. The minimum absolute atomic E-state index is 0.0955. The van der Waals surface area contributed by atoms with Gasteiger partial charge in [-0.1, -0.05) is 48.5 Å². The zero-order valence-electron chi connectivity index (χ0n) is 19.4. The van der Waals surface area contributed by atoms with Crippen LogP contribution in [0.2, 0.25) is 0 Å². The van der Waals surface area contributed by atoms with E-state index in [1.54, 1.807) is 10.1 Å². The van der Waals surface area contributed by atoms with Crippen molar-refractivity contribution in [2.24, 2.45) is 0 Å². The second kappa shape index (κ2) is 8.90. The summed E-state index contributed by atoms with van der Waals surface area (Å²) in [5, 5.41) is 4.96. The summed E-state index contributed by atoms with van der Waals surface area (Å²) in [6, 6.07) is 25.0. The molecule has 0 saturated heterocycles. The first-order valence-electron chi connectivity index (χ1n) is 11.5. The van der Waals surface area contributed by atoms with E-state index >= 15 is 0 Å². The topological polar surface area (TPSA) is 98.7 Å². The van der Waals surface area contributed by atoms with Gasteiger partial charge >= 0.3 is 0 Å². The van der Waals surface area contributed by atoms with Crippen LogP contribution in [0.25, 0.3) is 37.9 Å². The molecule has 3 N–H and O–H groups in total. The number of para-hydroxylation sites is 1. The fourth-order valence-electron chi connectivity index (χ4n) is 4.57. The van der Waals surface area contributed by atoms with E-state index in [1.807, 2.05) is 79.7 Å². The molecule has 36 heavy (non-hydrogen) atoms. The van der Waals surface area contributed by atoms with Crippen molar-refractivity contribution in [3.8, 4) is 16.8 Å². The van der Waals surface area contributed by atoms with Crippen molar-refractivity contribution in [1.29, 1.82) is 0 Å². The Hall–Kier alpha value is -4.56. The van der Waals surface area contributed by atoms with Gasteiger partial charge in [0.25, 0.3) is 5.56 Å². The summed E-state index contributed by atoms with van der Waals surface area (Å²) in [5.41, 5.74) is 12.4. The molecule has 0 aliphatic heterocycles. The fraction of sp³-hybridized carbons (Fsp3) is 0.0714. The Labute approximate surface area is 210 Å². The Kier molecular flexibility index (Phi) is 5.42. The van der Waals surface area contributed by atoms with Crippen LogP contribution >= 0.6 is 11.3 Å². The predicted octanol–water partition coefficient (Wildman–Crippen LogP) is 5.81. The minimum atomic E-state index is -0.252. The molecular weight excluding hydrogens is 468 g/mol. The van der Waals surface area contributed by atoms with Crippen molar-refractivity contribution in [1.82, 2.24) is 19.5 Å². The molecule has 0 aliphatic carbocycles. The van der Waals surface area contributed by atoms with Crippen LogP contribution in [-0.4, -0.2) is 19.5 Å². The van der Waals surface area contributed by atoms with Crippen molar-refractivity contribution in [3.05, 3.63) is 107 Å². The van der Waals surface area contributed by atoms with Gasteiger partial charge in [0, 0.05) is 17.1 Å². The molecule has 0 spiro atoms. The SMILES string of the molecule is C[C@H](Nc1ncnc2scnc12)c1cc2cccc(-c3cccc(N)c3)c2c(=O)n1-c1ccccc1. The molecule has 0 bridgehead atoms. The monoisotopic (exact) mass is 490 g/mol. The van der Waals surface area contributed by atoms with E-state index in [2.05, 4.69) is 26.3 Å². The number of fused-ring (bicyclic) bond motifs is 2. The van der Waals surface area contributed by atoms with Gasteiger partial charge in [-0.15, -0.1) is 11.3 Å². The summed E-state index contributed by atoms with van der Waals surface area (Å²) in [7, 11) is 0. The summed E-state index contributed by atoms with van der Waals surface area (Å²) in [4.78, 5) is 28.2. The Bertz CT molecular complexity index is 1780. The third-order valence-electron chi connectivity index (χ3n) is 6.22. The molecule has 0 unspecified atom stereocenters. The van der Waals surface area contributed by atoms with E-state index in [1.165, 1.54) is 17.7 Å². The van der Waals surface area contributed by atoms with Gasteiger partial charge in [-0.05, 0) is 53.8 Å². The first-order valence-corrected chi connectivity index (χ1v) is 12.4. The van der Waals surface area contributed by atoms with Gasteiger partial charge < -0.3 is 11.1 Å². The van der Waals surface area contributed by atoms with E-state index in [4.69, 9.17) is 5.73 Å². The molecule has 176 valence electrons. The summed E-state index contributed by atoms with van der Waals surface area (Å²) in [6.07, 6.45) is 1.53. The van der Waals surface area contributed by atoms with Gasteiger partial charge in [0.2, 0.25) is 0 Å². The molecule has 7 nitrogen and oxygen atoms in total. The average molecular weight is 491 g/mol. The summed E-state index contributed by atoms with van der Waals surface area (Å²) >= 11 is 1.46. The van der Waals surface area contributed by atoms with E-state index in [9.17, 15) is 4.79 Å². The average Bonchev–Trinajstić information content (AvgIpc) is 3.39. The van der Waals surface area contributed by atoms with Crippen molar-refractivity contribution in [2.75, 3.05) is 11.1 Å². The maximum atomic E-state index is 14.2. The second-order valence-electron chi connectivity index (χ2n) is 8.53. The third kappa shape index (κ3) is 3.77. The molecule has 3 aromatic carbocycles. The number of aromatic nitrogens is 4. The van der Waals surface area contributed by atoms with Crippen LogP contribution in [0.3, 0.4) is 0 Å². The number of benzene rings is 3. The Morgan fingerprint density at radius 2 is 1.78 bits per heavy atom. The van der Waals surface area contributed by atoms with Crippen molar-refractivity contribution in [2.45, 2.75) is 13.0 Å². The van der Waals surface area contributed by atoms with Crippen LogP contribution in [0.5, 0.6) is 0 Å². The number of anilines is 2. The quantitative estimate of drug-likeness (QED) is 0.296. The van der Waals surface area contributed by atoms with Gasteiger partial charge in [0.15, 0.2) is 5.82 Å². The number of hydrogen-bond acceptors (Lipinski definition) is 7. The Balaban J connectivity index is 1.58. The summed E-state index contributed by atoms with van der Waals surface area (Å²) in [5.74, 6) is 0.634. The van der Waals surface area contributed by atoms with Gasteiger partial charge in [-0.2, -0.15) is 0 Å². The van der Waals surface area contributed by atoms with Crippen molar-refractivity contribution < 1.29 is 0 Å². The lowest BCUT2D eigenvalue weighted by Crippen LogP contribution is -2.26. The van der Waals surface area contributed by atoms with Gasteiger partial charge in [-0.3, -0.25) is 9.36 Å². The molecule has 6 aromatic rings. The maximum Gasteiger partial charge on any atom is 0.263 e. The number of nitrogen functional groups attached to an aromatic ring is 1. The largest absolute Gasteiger partial charge is 0.399 e. The van der Waals surface area contributed by atoms with Crippen molar-refractivity contribution in [3.63, 3.8) is 0 Å². The highest BCUT2D eigenvalue weighted by molar-refractivity contribution is 7.16. The summed E-state index contributed by atoms with van der Waals surface area (Å²) < 4.78 is 1.77. The number of hydrogen-bond donors (Lipinski definition) is 2. The molecule has 3 heterocycles. The number of nitrogens with two attached hydrogens (primary N) is 1. The molecular formula is C28H22N6OS. The zero-order chi connectivity index (χ0) is 24.6. The van der Waals surface area contributed by atoms with Crippen LogP contribution in [0.15, 0.2) is 95.5 Å². The van der Waals surface area contributed by atoms with E-state index < -0.39 is 0 Å². The zero-order valence-corrected chi connectivity index (χ0v) is 20.2. The lowest BCUT2D eigenvalue weighted by Gasteiger charge is -2.22. The molecule has 0 aliphatic rings. The van der Waals surface area contributed by atoms with Crippen molar-refractivity contribution >= 4 is 44.0 Å². The second-order valence-corrected chi connectivity index (χ2v) is 9.37. The number of rotatable bonds is 5. The number of nitrogens with one attached hydrogen (secondary N) is 1. The fourth-order valence-corrected chi connectivity index (χ4v) is 5.20. The molecule has 6 rings (SSSR count). The van der Waals surface area contributed by atoms with E-state index in [0.717, 1.165) is 32.7 Å². The predicted molar refractivity (Wildman–Crippen MR) is 147 cm³/mol. The van der Waals surface area contributed by atoms with Crippen LogP contribution in [-0.2, 0) is 0 Å². The smallest absolute Gasteiger partial charge is 0.263 e. The molecule has 0 fully saturated rings. The van der Waals surface area contributed by atoms with Gasteiger partial charge in [0.05, 0.1) is 16.9 Å². The first kappa shape index (κ1) is 21.9. The highest BCUT2D eigenvalue weighted by atomic mass is 32.1. The van der Waals surface area contributed by atoms with Crippen LogP contribution in [0, 0.1) is 0 Å². The van der Waals surface area contributed by atoms with Crippen LogP contribution in [0.1, 0.15) is 18.7 Å². The minimum Gasteiger partial charge on any atom is -0.399 e. The Morgan fingerprint density at radius 1 is 0.944 bits per heavy atom. The molecule has 0 radical (unpaired) electrons. The normalized spacial score (nSPS) is 12.1. The lowest BCUT2D eigenvalue weighted by molar-refractivity contribution is 0.774. The van der Waals surface area contributed by atoms with Gasteiger partial charge in [0.1, 0.15) is 16.7 Å². The summed E-state index contributed by atoms with van der Waals surface area (Å²) in [6.45, 7) is 2.02. The Morgan fingerprint density at radius 3 is 2.61 bits per heavy atom. The number of pyridine rings is 1. The van der Waals surface area contributed by atoms with E-state index in [-0.39, 0.29) is 11.6 Å². The maximum absolute atomic E-state index is 14.2. The van der Waals surface area contributed by atoms with Crippen LogP contribution < -0.4 is 16.6 Å². The number of thiazole rings is 1. The molecule has 0 amide bonds. The highest BCUT2D eigenvalue weighted by Gasteiger charge is 2.20. The first-order chi connectivity index (χ1) is 17.6. The molecule has 3 aromatic heterocycles. The molecule has 0 saturated carbocycles. The molecule has 1 atom stereocenters. The van der Waals surface area contributed by atoms with E-state index in [0.29, 0.717) is 22.4 Å².